The fourth-order valence-electron chi connectivity index (χ4n) is 3.20. The van der Waals surface area contributed by atoms with Gasteiger partial charge in [-0.3, -0.25) is 10.1 Å². The van der Waals surface area contributed by atoms with E-state index in [-0.39, 0.29) is 29.4 Å². The largest absolute Gasteiger partial charge is 0.465 e. The average Bonchev–Trinajstić information content (AvgIpc) is 2.91. The van der Waals surface area contributed by atoms with Gasteiger partial charge in [0.2, 0.25) is 0 Å². The van der Waals surface area contributed by atoms with Crippen LogP contribution in [0.25, 0.3) is 0 Å². The number of amides is 1. The van der Waals surface area contributed by atoms with Gasteiger partial charge >= 0.3 is 12.1 Å². The van der Waals surface area contributed by atoms with Crippen LogP contribution in [-0.4, -0.2) is 53.7 Å². The number of nitro groups is 1. The fourth-order valence-corrected chi connectivity index (χ4v) is 3.20. The summed E-state index contributed by atoms with van der Waals surface area (Å²) in [4.78, 5) is 36.8. The van der Waals surface area contributed by atoms with Gasteiger partial charge in [-0.2, -0.15) is 5.26 Å². The second-order valence-electron chi connectivity index (χ2n) is 8.04. The molecular weight excluding hydrogens is 392 g/mol. The maximum atomic E-state index is 12.5. The van der Waals surface area contributed by atoms with Gasteiger partial charge in [-0.15, -0.1) is 0 Å². The van der Waals surface area contributed by atoms with Crippen molar-refractivity contribution in [3.63, 3.8) is 0 Å². The van der Waals surface area contributed by atoms with E-state index in [9.17, 15) is 25.0 Å². The zero-order valence-electron chi connectivity index (χ0n) is 17.6. The number of methoxy groups -OCH3 is 1. The number of carbonyl (C=O) groups is 2. The highest BCUT2D eigenvalue weighted by atomic mass is 16.6. The first-order valence-electron chi connectivity index (χ1n) is 9.61. The van der Waals surface area contributed by atoms with Gasteiger partial charge in [0.25, 0.3) is 5.69 Å². The molecule has 1 aromatic rings. The molecule has 0 saturated carbocycles. The Morgan fingerprint density at radius 2 is 2.03 bits per heavy atom. The molecule has 0 radical (unpaired) electrons. The van der Waals surface area contributed by atoms with Crippen LogP contribution >= 0.6 is 0 Å². The minimum Gasteiger partial charge on any atom is -0.465 e. The molecule has 2 rings (SSSR count). The van der Waals surface area contributed by atoms with Gasteiger partial charge in [0.15, 0.2) is 0 Å². The van der Waals surface area contributed by atoms with Gasteiger partial charge in [-0.25, -0.2) is 9.59 Å². The summed E-state index contributed by atoms with van der Waals surface area (Å²) in [5.41, 5.74) is -1.14. The van der Waals surface area contributed by atoms with E-state index < -0.39 is 28.3 Å². The SMILES string of the molecule is COC(=O)c1cc(C#N)c(NC2CCCCN(C(=O)OC(C)(C)C)C2)c([N+](=O)[O-])c1. The first kappa shape index (κ1) is 22.9. The topological polar surface area (TPSA) is 135 Å². The van der Waals surface area contributed by atoms with Gasteiger partial charge < -0.3 is 19.7 Å². The van der Waals surface area contributed by atoms with Crippen LogP contribution in [-0.2, 0) is 9.47 Å². The molecule has 10 heteroatoms. The second kappa shape index (κ2) is 9.43. The van der Waals surface area contributed by atoms with E-state index >= 15 is 0 Å². The van der Waals surface area contributed by atoms with E-state index in [0.29, 0.717) is 13.0 Å². The highest BCUT2D eigenvalue weighted by Crippen LogP contribution is 2.32. The van der Waals surface area contributed by atoms with E-state index in [1.165, 1.54) is 6.07 Å². The number of hydrogen-bond acceptors (Lipinski definition) is 8. The van der Waals surface area contributed by atoms with E-state index in [4.69, 9.17) is 4.74 Å². The Kier molecular flexibility index (Phi) is 7.21. The Balaban J connectivity index is 2.33. The van der Waals surface area contributed by atoms with Gasteiger partial charge in [-0.1, -0.05) is 0 Å². The quantitative estimate of drug-likeness (QED) is 0.446. The summed E-state index contributed by atoms with van der Waals surface area (Å²) in [5, 5.41) is 24.2. The molecule has 1 fully saturated rings. The van der Waals surface area contributed by atoms with Crippen LogP contribution in [0.3, 0.4) is 0 Å². The molecular formula is C20H26N4O6. The van der Waals surface area contributed by atoms with Crippen molar-refractivity contribution in [2.75, 3.05) is 25.5 Å². The lowest BCUT2D eigenvalue weighted by Crippen LogP contribution is -2.42. The van der Waals surface area contributed by atoms with E-state index in [0.717, 1.165) is 26.0 Å². The lowest BCUT2D eigenvalue weighted by molar-refractivity contribution is -0.384. The molecule has 0 aliphatic carbocycles. The number of benzene rings is 1. The normalized spacial score (nSPS) is 16.8. The summed E-state index contributed by atoms with van der Waals surface area (Å²) >= 11 is 0. The zero-order valence-corrected chi connectivity index (χ0v) is 17.6. The highest BCUT2D eigenvalue weighted by Gasteiger charge is 2.29. The first-order chi connectivity index (χ1) is 14.1. The predicted molar refractivity (Wildman–Crippen MR) is 108 cm³/mol. The summed E-state index contributed by atoms with van der Waals surface area (Å²) in [6.07, 6.45) is 1.77. The average molecular weight is 418 g/mol. The summed E-state index contributed by atoms with van der Waals surface area (Å²) < 4.78 is 10.0. The van der Waals surface area contributed by atoms with Gasteiger partial charge in [0, 0.05) is 25.2 Å². The molecule has 1 atom stereocenters. The Morgan fingerprint density at radius 1 is 1.33 bits per heavy atom. The number of ether oxygens (including phenoxy) is 2. The van der Waals surface area contributed by atoms with E-state index in [2.05, 4.69) is 10.1 Å². The van der Waals surface area contributed by atoms with Crippen molar-refractivity contribution in [3.8, 4) is 6.07 Å². The number of nitro benzene ring substituents is 1. The second-order valence-corrected chi connectivity index (χ2v) is 8.04. The van der Waals surface area contributed by atoms with E-state index in [1.807, 2.05) is 6.07 Å². The third-order valence-corrected chi connectivity index (χ3v) is 4.53. The van der Waals surface area contributed by atoms with E-state index in [1.54, 1.807) is 25.7 Å². The number of nitrogens with one attached hydrogen (secondary N) is 1. The molecule has 1 N–H and O–H groups in total. The van der Waals surface area contributed by atoms with Gasteiger partial charge in [0.05, 0.1) is 23.2 Å². The first-order valence-corrected chi connectivity index (χ1v) is 9.61. The number of nitriles is 1. The van der Waals surface area contributed by atoms with Crippen LogP contribution in [0.15, 0.2) is 12.1 Å². The molecule has 10 nitrogen and oxygen atoms in total. The molecule has 1 aromatic carbocycles. The van der Waals surface area contributed by atoms with Crippen LogP contribution in [0, 0.1) is 21.4 Å². The minimum atomic E-state index is -0.772. The minimum absolute atomic E-state index is 0.0196. The smallest absolute Gasteiger partial charge is 0.410 e. The molecule has 1 unspecified atom stereocenters. The molecule has 1 saturated heterocycles. The number of rotatable bonds is 4. The Morgan fingerprint density at radius 3 is 2.60 bits per heavy atom. The molecule has 30 heavy (non-hydrogen) atoms. The van der Waals surface area contributed by atoms with Crippen molar-refractivity contribution in [1.29, 1.82) is 5.26 Å². The fraction of sp³-hybridized carbons (Fsp3) is 0.550. The third-order valence-electron chi connectivity index (χ3n) is 4.53. The van der Waals surface area contributed by atoms with Crippen molar-refractivity contribution >= 4 is 23.4 Å². The Hall–Kier alpha value is -3.35. The number of anilines is 1. The van der Waals surface area contributed by atoms with Crippen molar-refractivity contribution in [2.24, 2.45) is 0 Å². The molecule has 1 heterocycles. The van der Waals surface area contributed by atoms with Gasteiger partial charge in [-0.05, 0) is 46.1 Å². The standard InChI is InChI=1S/C20H26N4O6/c1-20(2,3)30-19(26)23-8-6-5-7-15(12-23)22-17-14(11-21)9-13(18(25)29-4)10-16(17)24(27)28/h9-10,15,22H,5-8,12H2,1-4H3. The van der Waals surface area contributed by atoms with Crippen molar-refractivity contribution in [2.45, 2.75) is 51.7 Å². The lowest BCUT2D eigenvalue weighted by atomic mass is 10.0. The number of carbonyl (C=O) groups excluding carboxylic acids is 2. The van der Waals surface area contributed by atoms with Crippen molar-refractivity contribution in [3.05, 3.63) is 33.4 Å². The lowest BCUT2D eigenvalue weighted by Gasteiger charge is -2.29. The number of esters is 1. The molecule has 0 aromatic heterocycles. The zero-order chi connectivity index (χ0) is 22.5. The van der Waals surface area contributed by atoms with Crippen LogP contribution < -0.4 is 5.32 Å². The monoisotopic (exact) mass is 418 g/mol. The van der Waals surface area contributed by atoms with Crippen LogP contribution in [0.5, 0.6) is 0 Å². The number of likely N-dealkylation sites (tertiary alicyclic amines) is 1. The third kappa shape index (κ3) is 5.83. The van der Waals surface area contributed by atoms with Crippen molar-refractivity contribution in [1.82, 2.24) is 4.90 Å². The number of hydrogen-bond donors (Lipinski definition) is 1. The molecule has 162 valence electrons. The van der Waals surface area contributed by atoms with Gasteiger partial charge in [0.1, 0.15) is 17.4 Å². The maximum Gasteiger partial charge on any atom is 0.410 e. The molecule has 0 bridgehead atoms. The summed E-state index contributed by atoms with van der Waals surface area (Å²) in [6.45, 7) is 6.13. The number of nitrogens with zero attached hydrogens (tertiary/aromatic N) is 3. The maximum absolute atomic E-state index is 12.5. The van der Waals surface area contributed by atoms with Crippen LogP contribution in [0.1, 0.15) is 56.0 Å². The summed E-state index contributed by atoms with van der Waals surface area (Å²) in [5.74, 6) is -0.772. The molecule has 1 aliphatic heterocycles. The van der Waals surface area contributed by atoms with Crippen LogP contribution in [0.2, 0.25) is 0 Å². The Labute approximate surface area is 174 Å². The summed E-state index contributed by atoms with van der Waals surface area (Å²) in [7, 11) is 1.16. The van der Waals surface area contributed by atoms with Crippen molar-refractivity contribution < 1.29 is 24.0 Å². The predicted octanol–water partition coefficient (Wildman–Crippen LogP) is 3.45. The van der Waals surface area contributed by atoms with Crippen LogP contribution in [0.4, 0.5) is 16.2 Å². The summed E-state index contributed by atoms with van der Waals surface area (Å²) in [6, 6.07) is 3.91. The highest BCUT2D eigenvalue weighted by molar-refractivity contribution is 5.92. The Bertz CT molecular complexity index is 871. The molecule has 1 aliphatic rings. The molecule has 0 spiro atoms. The molecule has 1 amide bonds.